The van der Waals surface area contributed by atoms with Crippen molar-refractivity contribution in [2.24, 2.45) is 17.3 Å². The van der Waals surface area contributed by atoms with Gasteiger partial charge in [-0.1, -0.05) is 101 Å². The van der Waals surface area contributed by atoms with Crippen molar-refractivity contribution in [1.82, 2.24) is 14.7 Å². The van der Waals surface area contributed by atoms with E-state index in [-0.39, 0.29) is 36.3 Å². The number of carbonyl (C=O) groups excluding carboxylic acids is 3. The Balaban J connectivity index is 1.64. The summed E-state index contributed by atoms with van der Waals surface area (Å²) in [7, 11) is 0. The maximum Gasteiger partial charge on any atom is 0.249 e. The number of likely N-dealkylation sites (tertiary alicyclic amines) is 1. The zero-order chi connectivity index (χ0) is 36.5. The second-order valence-electron chi connectivity index (χ2n) is 16.4. The number of aliphatic hydroxyl groups is 1. The molecule has 0 aliphatic carbocycles. The third-order valence-corrected chi connectivity index (χ3v) is 11.2. The summed E-state index contributed by atoms with van der Waals surface area (Å²) >= 11 is 0. The molecule has 2 bridgehead atoms. The summed E-state index contributed by atoms with van der Waals surface area (Å²) in [6.07, 6.45) is 6.07. The zero-order valence-corrected chi connectivity index (χ0v) is 30.9. The van der Waals surface area contributed by atoms with Crippen LogP contribution in [0, 0.1) is 17.3 Å². The van der Waals surface area contributed by atoms with Gasteiger partial charge in [0.2, 0.25) is 17.7 Å². The lowest BCUT2D eigenvalue weighted by Gasteiger charge is -2.46. The number of hydrogen-bond donors (Lipinski definition) is 1. The smallest absolute Gasteiger partial charge is 0.249 e. The SMILES string of the molecule is C=CCN(Cc1ccccc1)C(=O)[C@@H]1[C@H]2C(=O)N([C@@H](CO)Cc3ccccc3)C(C(=O)N(CC=C)C(C)(C)CC(C)(C)C)C23CC[C@@]1(CC)O3. The summed E-state index contributed by atoms with van der Waals surface area (Å²) < 4.78 is 7.16. The van der Waals surface area contributed by atoms with Crippen molar-refractivity contribution in [1.29, 1.82) is 0 Å². The van der Waals surface area contributed by atoms with E-state index in [9.17, 15) is 9.90 Å². The Hall–Kier alpha value is -3.75. The average molecular weight is 684 g/mol. The monoisotopic (exact) mass is 683 g/mol. The summed E-state index contributed by atoms with van der Waals surface area (Å²) in [6.45, 7) is 21.2. The van der Waals surface area contributed by atoms with Crippen LogP contribution in [-0.2, 0) is 32.1 Å². The Bertz CT molecular complexity index is 1550. The number of amides is 3. The minimum atomic E-state index is -1.22. The molecule has 3 fully saturated rings. The van der Waals surface area contributed by atoms with Crippen LogP contribution in [0.3, 0.4) is 0 Å². The van der Waals surface area contributed by atoms with Gasteiger partial charge in [0.05, 0.1) is 30.1 Å². The van der Waals surface area contributed by atoms with E-state index in [1.807, 2.05) is 72.5 Å². The highest BCUT2D eigenvalue weighted by molar-refractivity contribution is 5.99. The molecule has 3 aliphatic heterocycles. The number of fused-ring (bicyclic) bond motifs is 1. The molecule has 5 rings (SSSR count). The summed E-state index contributed by atoms with van der Waals surface area (Å²) in [5.74, 6) is -2.35. The number of hydrogen-bond acceptors (Lipinski definition) is 5. The van der Waals surface area contributed by atoms with E-state index in [2.05, 4.69) is 47.8 Å². The topological polar surface area (TPSA) is 90.4 Å². The molecule has 3 saturated heterocycles. The van der Waals surface area contributed by atoms with Gasteiger partial charge < -0.3 is 24.5 Å². The molecule has 3 heterocycles. The molecule has 0 saturated carbocycles. The third-order valence-electron chi connectivity index (χ3n) is 11.2. The van der Waals surface area contributed by atoms with Crippen LogP contribution in [0.15, 0.2) is 86.0 Å². The van der Waals surface area contributed by atoms with Gasteiger partial charge in [0.25, 0.3) is 0 Å². The van der Waals surface area contributed by atoms with Gasteiger partial charge in [0.15, 0.2) is 0 Å². The Labute approximate surface area is 299 Å². The maximum absolute atomic E-state index is 15.4. The van der Waals surface area contributed by atoms with Crippen LogP contribution in [0.25, 0.3) is 0 Å². The average Bonchev–Trinajstić information content (AvgIpc) is 3.68. The molecule has 0 radical (unpaired) electrons. The number of carbonyl (C=O) groups is 3. The number of rotatable bonds is 15. The Morgan fingerprint density at radius 3 is 2.10 bits per heavy atom. The highest BCUT2D eigenvalue weighted by Gasteiger charge is 2.79. The van der Waals surface area contributed by atoms with E-state index in [0.29, 0.717) is 45.2 Å². The van der Waals surface area contributed by atoms with Gasteiger partial charge >= 0.3 is 0 Å². The maximum atomic E-state index is 15.4. The van der Waals surface area contributed by atoms with Gasteiger partial charge in [0, 0.05) is 25.2 Å². The first kappa shape index (κ1) is 37.5. The lowest BCUT2D eigenvalue weighted by molar-refractivity contribution is -0.161. The Morgan fingerprint density at radius 2 is 1.56 bits per heavy atom. The van der Waals surface area contributed by atoms with Crippen molar-refractivity contribution in [3.8, 4) is 0 Å². The van der Waals surface area contributed by atoms with Gasteiger partial charge in [0.1, 0.15) is 11.6 Å². The fourth-order valence-electron chi connectivity index (χ4n) is 9.54. The number of nitrogens with zero attached hydrogens (tertiary/aromatic N) is 3. The Morgan fingerprint density at radius 1 is 0.960 bits per heavy atom. The number of benzene rings is 2. The minimum Gasteiger partial charge on any atom is -0.394 e. The van der Waals surface area contributed by atoms with E-state index >= 15 is 9.59 Å². The van der Waals surface area contributed by atoms with Crippen molar-refractivity contribution in [2.45, 2.75) is 109 Å². The number of ether oxygens (including phenoxy) is 1. The molecule has 0 aromatic heterocycles. The lowest BCUT2D eigenvalue weighted by Crippen LogP contribution is -2.62. The molecule has 50 heavy (non-hydrogen) atoms. The zero-order valence-electron chi connectivity index (χ0n) is 30.9. The van der Waals surface area contributed by atoms with Crippen molar-refractivity contribution in [3.05, 3.63) is 97.1 Å². The van der Waals surface area contributed by atoms with Crippen LogP contribution in [0.5, 0.6) is 0 Å². The van der Waals surface area contributed by atoms with Gasteiger partial charge in [-0.2, -0.15) is 0 Å². The predicted molar refractivity (Wildman–Crippen MR) is 197 cm³/mol. The van der Waals surface area contributed by atoms with Crippen LogP contribution in [0.4, 0.5) is 0 Å². The standard InChI is InChI=1S/C42H57N3O5/c1-9-24-43(27-31-20-16-13-17-21-31)36(47)33-34-37(48)45(32(28-46)26-30-18-14-12-15-19-30)35(42(34)23-22-41(33,11-3)50-42)38(49)44(25-10-2)40(7,8)29-39(4,5)6/h9-10,12-21,32-35,46H,1-2,11,22-29H2,3-8H3/t32-,33+,34+,35?,41-,42?/m1/s1. The molecule has 6 atom stereocenters. The molecule has 2 aromatic carbocycles. The van der Waals surface area contributed by atoms with Gasteiger partial charge in [-0.25, -0.2) is 0 Å². The molecule has 3 amide bonds. The van der Waals surface area contributed by atoms with Crippen LogP contribution < -0.4 is 0 Å². The molecule has 270 valence electrons. The predicted octanol–water partition coefficient (Wildman–Crippen LogP) is 6.19. The summed E-state index contributed by atoms with van der Waals surface area (Å²) in [5, 5.41) is 11.0. The van der Waals surface area contributed by atoms with E-state index in [0.717, 1.165) is 11.1 Å². The molecule has 1 spiro atoms. The largest absolute Gasteiger partial charge is 0.394 e. The molecular formula is C42H57N3O5. The van der Waals surface area contributed by atoms with Gasteiger partial charge in [-0.05, 0) is 62.5 Å². The third kappa shape index (κ3) is 6.81. The second kappa shape index (κ2) is 14.5. The highest BCUT2D eigenvalue weighted by atomic mass is 16.5. The Kier molecular flexibility index (Phi) is 10.9. The van der Waals surface area contributed by atoms with Crippen LogP contribution in [0.1, 0.15) is 78.4 Å². The van der Waals surface area contributed by atoms with E-state index in [1.54, 1.807) is 22.0 Å². The van der Waals surface area contributed by atoms with E-state index < -0.39 is 40.7 Å². The molecular weight excluding hydrogens is 626 g/mol. The van der Waals surface area contributed by atoms with Crippen LogP contribution in [0.2, 0.25) is 0 Å². The van der Waals surface area contributed by atoms with Crippen molar-refractivity contribution in [3.63, 3.8) is 0 Å². The van der Waals surface area contributed by atoms with Crippen LogP contribution in [-0.4, -0.2) is 86.0 Å². The molecule has 2 unspecified atom stereocenters. The molecule has 8 heteroatoms. The second-order valence-corrected chi connectivity index (χ2v) is 16.4. The first-order valence-electron chi connectivity index (χ1n) is 18.2. The van der Waals surface area contributed by atoms with Gasteiger partial charge in [-0.3, -0.25) is 14.4 Å². The first-order chi connectivity index (χ1) is 23.7. The summed E-state index contributed by atoms with van der Waals surface area (Å²) in [5.41, 5.74) is -0.876. The van der Waals surface area contributed by atoms with E-state index in [4.69, 9.17) is 4.74 Å². The van der Waals surface area contributed by atoms with E-state index in [1.165, 1.54) is 0 Å². The molecule has 3 aliphatic rings. The fraction of sp³-hybridized carbons (Fsp3) is 0.548. The fourth-order valence-corrected chi connectivity index (χ4v) is 9.54. The summed E-state index contributed by atoms with van der Waals surface area (Å²) in [4.78, 5) is 50.7. The summed E-state index contributed by atoms with van der Waals surface area (Å²) in [6, 6.07) is 17.8. The van der Waals surface area contributed by atoms with Crippen molar-refractivity contribution in [2.75, 3.05) is 19.7 Å². The minimum absolute atomic E-state index is 0.0877. The highest BCUT2D eigenvalue weighted by Crippen LogP contribution is 2.65. The van der Waals surface area contributed by atoms with Crippen molar-refractivity contribution < 1.29 is 24.2 Å². The van der Waals surface area contributed by atoms with Crippen molar-refractivity contribution >= 4 is 17.7 Å². The first-order valence-corrected chi connectivity index (χ1v) is 18.2. The normalized spacial score (nSPS) is 26.4. The number of aliphatic hydroxyl groups excluding tert-OH is 1. The molecule has 8 nitrogen and oxygen atoms in total. The molecule has 2 aromatic rings. The van der Waals surface area contributed by atoms with Gasteiger partial charge in [-0.15, -0.1) is 13.2 Å². The van der Waals surface area contributed by atoms with Crippen LogP contribution >= 0.6 is 0 Å². The lowest BCUT2D eigenvalue weighted by atomic mass is 9.64. The quantitative estimate of drug-likeness (QED) is 0.226. The molecule has 1 N–H and O–H groups in total.